The number of carbonyl (C=O) groups is 3. The topological polar surface area (TPSA) is 178 Å². The minimum atomic E-state index is -4.72. The van der Waals surface area contributed by atoms with Crippen molar-refractivity contribution in [3.05, 3.63) is 65.9 Å². The number of ether oxygens (including phenoxy) is 3. The lowest BCUT2D eigenvalue weighted by atomic mass is 10.1. The van der Waals surface area contributed by atoms with E-state index in [1.165, 1.54) is 24.0 Å². The number of sulfonamides is 1. The first-order valence-corrected chi connectivity index (χ1v) is 16.9. The first-order chi connectivity index (χ1) is 23.8. The molecule has 1 N–H and O–H groups in total. The summed E-state index contributed by atoms with van der Waals surface area (Å²) in [5.74, 6) is -1.71. The SMILES string of the molecule is Cc1ccc(-c2cc(C(F)(F)F)nn2-c2ccc(S(=O)(=O)NC(=O)CCC(=O)OC3CN(n4on4OC(C)OC(=O)OC(C)(C)C)C3)cc2)cc1. The van der Waals surface area contributed by atoms with Gasteiger partial charge in [0.1, 0.15) is 16.7 Å². The zero-order valence-electron chi connectivity index (χ0n) is 28.0. The Balaban J connectivity index is 1.08. The number of alkyl halides is 3. The third-order valence-corrected chi connectivity index (χ3v) is 8.45. The maximum atomic E-state index is 13.5. The van der Waals surface area contributed by atoms with Gasteiger partial charge in [0.05, 0.1) is 40.8 Å². The number of nitrogens with zero attached hydrogens (tertiary/aromatic N) is 5. The summed E-state index contributed by atoms with van der Waals surface area (Å²) in [5, 5.41) is 6.23. The van der Waals surface area contributed by atoms with Gasteiger partial charge in [-0.15, -0.1) is 0 Å². The van der Waals surface area contributed by atoms with E-state index in [1.807, 2.05) is 11.6 Å². The van der Waals surface area contributed by atoms with Gasteiger partial charge in [-0.1, -0.05) is 29.8 Å². The van der Waals surface area contributed by atoms with Crippen molar-refractivity contribution in [2.75, 3.05) is 18.1 Å². The van der Waals surface area contributed by atoms with Crippen LogP contribution in [0.15, 0.2) is 64.1 Å². The zero-order chi connectivity index (χ0) is 37.3. The Morgan fingerprint density at radius 1 is 1.02 bits per heavy atom. The number of halogens is 3. The molecular formula is C31H35F3N6O10S. The fourth-order valence-electron chi connectivity index (χ4n) is 4.58. The maximum Gasteiger partial charge on any atom is 0.511 e. The highest BCUT2D eigenvalue weighted by atomic mass is 32.2. The smallest absolute Gasteiger partial charge is 0.458 e. The molecule has 3 heterocycles. The highest BCUT2D eigenvalue weighted by molar-refractivity contribution is 7.90. The monoisotopic (exact) mass is 740 g/mol. The summed E-state index contributed by atoms with van der Waals surface area (Å²) in [4.78, 5) is 42.5. The molecule has 1 aliphatic heterocycles. The van der Waals surface area contributed by atoms with Crippen LogP contribution in [0.1, 0.15) is 51.8 Å². The van der Waals surface area contributed by atoms with Gasteiger partial charge in [-0.25, -0.2) is 22.6 Å². The van der Waals surface area contributed by atoms with Crippen molar-refractivity contribution in [3.8, 4) is 16.9 Å². The Bertz CT molecular complexity index is 1970. The van der Waals surface area contributed by atoms with E-state index in [1.54, 1.807) is 50.0 Å². The highest BCUT2D eigenvalue weighted by Gasteiger charge is 2.38. The van der Waals surface area contributed by atoms with Gasteiger partial charge in [0, 0.05) is 18.9 Å². The predicted molar refractivity (Wildman–Crippen MR) is 169 cm³/mol. The van der Waals surface area contributed by atoms with E-state index < -0.39 is 70.8 Å². The summed E-state index contributed by atoms with van der Waals surface area (Å²) in [6, 6.07) is 12.4. The van der Waals surface area contributed by atoms with Gasteiger partial charge >= 0.3 is 18.3 Å². The summed E-state index contributed by atoms with van der Waals surface area (Å²) in [6.07, 6.45) is -8.12. The molecule has 1 saturated heterocycles. The summed E-state index contributed by atoms with van der Waals surface area (Å²) >= 11 is 0. The lowest BCUT2D eigenvalue weighted by Gasteiger charge is -2.34. The number of rotatable bonds is 12. The van der Waals surface area contributed by atoms with Gasteiger partial charge in [0.25, 0.3) is 16.3 Å². The Labute approximate surface area is 289 Å². The second kappa shape index (κ2) is 14.1. The Morgan fingerprint density at radius 3 is 2.27 bits per heavy atom. The number of amides is 1. The van der Waals surface area contributed by atoms with Crippen LogP contribution in [0.3, 0.4) is 0 Å². The number of aryl methyl sites for hydroxylation is 1. The zero-order valence-corrected chi connectivity index (χ0v) is 28.9. The fourth-order valence-corrected chi connectivity index (χ4v) is 5.60. The molecule has 0 aliphatic carbocycles. The van der Waals surface area contributed by atoms with E-state index in [4.69, 9.17) is 23.7 Å². The molecule has 0 spiro atoms. The lowest BCUT2D eigenvalue weighted by molar-refractivity contribution is -0.152. The average molecular weight is 741 g/mol. The van der Waals surface area contributed by atoms with Crippen LogP contribution < -0.4 is 14.6 Å². The summed E-state index contributed by atoms with van der Waals surface area (Å²) in [5.41, 5.74) is -0.211. The van der Waals surface area contributed by atoms with Crippen LogP contribution in [0.25, 0.3) is 16.9 Å². The number of nitrogens with one attached hydrogen (secondary N) is 1. The van der Waals surface area contributed by atoms with Crippen LogP contribution in [0.5, 0.6) is 0 Å². The molecular weight excluding hydrogens is 705 g/mol. The van der Waals surface area contributed by atoms with Crippen LogP contribution in [0.4, 0.5) is 18.0 Å². The standard InChI is InChI=1S/C31H35F3N6O10S/c1-19-6-8-21(9-7-19)25-16-26(31(32,33)34)35-38(25)22-10-12-24(13-11-22)51(44,45)36-27(41)14-15-28(42)47-23-17-37(18-23)39-40(50-39)49-20(2)46-29(43)48-30(3,4)5/h6-13,16,20,23H,14-15,17-18H2,1-5H3,(H,36,41). The van der Waals surface area contributed by atoms with Crippen LogP contribution >= 0.6 is 0 Å². The van der Waals surface area contributed by atoms with Gasteiger partial charge in [-0.05, 0) is 58.0 Å². The third kappa shape index (κ3) is 9.65. The first kappa shape index (κ1) is 36.9. The van der Waals surface area contributed by atoms with E-state index in [0.29, 0.717) is 5.56 Å². The molecule has 2 aromatic carbocycles. The van der Waals surface area contributed by atoms with E-state index in [0.717, 1.165) is 33.5 Å². The molecule has 51 heavy (non-hydrogen) atoms. The maximum absolute atomic E-state index is 13.5. The van der Waals surface area contributed by atoms with Gasteiger partial charge in [-0.2, -0.15) is 22.9 Å². The number of benzene rings is 2. The predicted octanol–water partition coefficient (Wildman–Crippen LogP) is 3.94. The van der Waals surface area contributed by atoms with Crippen molar-refractivity contribution in [2.24, 2.45) is 0 Å². The Hall–Kier alpha value is -5.40. The number of hydrogen-bond acceptors (Lipinski definition) is 12. The lowest BCUT2D eigenvalue weighted by Crippen LogP contribution is -2.57. The molecule has 1 aliphatic rings. The second-order valence-corrected chi connectivity index (χ2v) is 14.2. The van der Waals surface area contributed by atoms with Crippen molar-refractivity contribution < 1.29 is 59.6 Å². The quantitative estimate of drug-likeness (QED) is 0.164. The third-order valence-electron chi connectivity index (χ3n) is 7.06. The van der Waals surface area contributed by atoms with E-state index in [-0.39, 0.29) is 29.4 Å². The van der Waals surface area contributed by atoms with Crippen LogP contribution in [-0.2, 0) is 40.0 Å². The van der Waals surface area contributed by atoms with E-state index >= 15 is 0 Å². The van der Waals surface area contributed by atoms with Crippen molar-refractivity contribution in [1.82, 2.24) is 24.5 Å². The number of aromatic nitrogens is 4. The number of hydrogen-bond donors (Lipinski definition) is 1. The average Bonchev–Trinajstić information content (AvgIpc) is 3.57. The Morgan fingerprint density at radius 2 is 1.67 bits per heavy atom. The second-order valence-electron chi connectivity index (χ2n) is 12.5. The van der Waals surface area contributed by atoms with Crippen LogP contribution in [-0.4, -0.2) is 77.3 Å². The molecule has 1 atom stereocenters. The van der Waals surface area contributed by atoms with Gasteiger partial charge in [0.2, 0.25) is 5.91 Å². The van der Waals surface area contributed by atoms with Gasteiger partial charge in [0.15, 0.2) is 5.69 Å². The van der Waals surface area contributed by atoms with Crippen LogP contribution in [0, 0.1) is 6.92 Å². The summed E-state index contributed by atoms with van der Waals surface area (Å²) in [6.45, 7) is 8.75. The van der Waals surface area contributed by atoms with Crippen molar-refractivity contribution >= 4 is 28.1 Å². The molecule has 2 aromatic heterocycles. The Kier molecular flexibility index (Phi) is 10.2. The summed E-state index contributed by atoms with van der Waals surface area (Å²) < 4.78 is 89.5. The molecule has 5 rings (SSSR count). The largest absolute Gasteiger partial charge is 0.511 e. The fraction of sp³-hybridized carbons (Fsp3) is 0.419. The van der Waals surface area contributed by atoms with Crippen LogP contribution in [0.2, 0.25) is 0 Å². The highest BCUT2D eigenvalue weighted by Crippen LogP contribution is 2.33. The van der Waals surface area contributed by atoms with Gasteiger partial charge < -0.3 is 19.0 Å². The number of carbonyl (C=O) groups excluding carboxylic acids is 3. The molecule has 0 bridgehead atoms. The first-order valence-electron chi connectivity index (χ1n) is 15.5. The van der Waals surface area contributed by atoms with E-state index in [9.17, 15) is 36.0 Å². The molecule has 1 fully saturated rings. The molecule has 20 heteroatoms. The van der Waals surface area contributed by atoms with Gasteiger partial charge in [-0.3, -0.25) is 14.6 Å². The molecule has 276 valence electrons. The van der Waals surface area contributed by atoms with Crippen molar-refractivity contribution in [2.45, 2.75) is 76.5 Å². The molecule has 1 amide bonds. The minimum Gasteiger partial charge on any atom is -0.458 e. The van der Waals surface area contributed by atoms with Crippen molar-refractivity contribution in [1.29, 1.82) is 0 Å². The van der Waals surface area contributed by atoms with Crippen molar-refractivity contribution in [3.63, 3.8) is 0 Å². The molecule has 4 aromatic rings. The normalized spacial score (nSPS) is 14.5. The molecule has 16 nitrogen and oxygen atoms in total. The molecule has 0 saturated carbocycles. The number of esters is 1. The molecule has 1 unspecified atom stereocenters. The minimum absolute atomic E-state index is 0.138. The summed E-state index contributed by atoms with van der Waals surface area (Å²) in [7, 11) is -4.39. The van der Waals surface area contributed by atoms with E-state index in [2.05, 4.69) is 5.10 Å². The molecule has 0 radical (unpaired) electrons.